The van der Waals surface area contributed by atoms with Crippen molar-refractivity contribution in [3.05, 3.63) is 50.9 Å². The summed E-state index contributed by atoms with van der Waals surface area (Å²) in [5, 5.41) is 17.5. The van der Waals surface area contributed by atoms with Gasteiger partial charge in [0.05, 0.1) is 9.08 Å². The summed E-state index contributed by atoms with van der Waals surface area (Å²) in [6, 6.07) is 8.28. The standard InChI is InChI=1S/C14H9Br2N5O4/c15-8-5-9(19-10(8)16)12(22)17-6-1-3-7(4-2-6)18-14-20-11(13(23)24)21-25-14/h1-5,19H,(H,17,22)(H,23,24)(H,18,20,21). The Kier molecular flexibility index (Phi) is 4.86. The summed E-state index contributed by atoms with van der Waals surface area (Å²) in [5.74, 6) is -2.01. The fraction of sp³-hybridized carbons (Fsp3) is 0. The van der Waals surface area contributed by atoms with Crippen LogP contribution in [0.1, 0.15) is 21.1 Å². The molecule has 0 spiro atoms. The van der Waals surface area contributed by atoms with Crippen LogP contribution in [-0.2, 0) is 0 Å². The second-order valence-electron chi connectivity index (χ2n) is 4.73. The summed E-state index contributed by atoms with van der Waals surface area (Å²) < 4.78 is 6.19. The van der Waals surface area contributed by atoms with Gasteiger partial charge in [0.2, 0.25) is 0 Å². The first-order chi connectivity index (χ1) is 11.9. The number of amides is 1. The molecule has 1 amide bonds. The van der Waals surface area contributed by atoms with Gasteiger partial charge < -0.3 is 25.2 Å². The molecule has 9 nitrogen and oxygen atoms in total. The molecule has 3 rings (SSSR count). The minimum Gasteiger partial charge on any atom is -0.475 e. The first kappa shape index (κ1) is 17.2. The second-order valence-corrected chi connectivity index (χ2v) is 6.38. The number of nitrogens with one attached hydrogen (secondary N) is 3. The summed E-state index contributed by atoms with van der Waals surface area (Å²) >= 11 is 6.57. The van der Waals surface area contributed by atoms with Gasteiger partial charge >= 0.3 is 12.0 Å². The Morgan fingerprint density at radius 3 is 2.40 bits per heavy atom. The van der Waals surface area contributed by atoms with Crippen molar-refractivity contribution in [2.24, 2.45) is 0 Å². The minimum absolute atomic E-state index is 0.0460. The van der Waals surface area contributed by atoms with Gasteiger partial charge in [-0.05, 0) is 67.3 Å². The lowest BCUT2D eigenvalue weighted by Crippen LogP contribution is -2.12. The Morgan fingerprint density at radius 1 is 1.16 bits per heavy atom. The number of rotatable bonds is 5. The SMILES string of the molecule is O=C(O)c1noc(Nc2ccc(NC(=O)c3cc(Br)c(Br)[nH]3)cc2)n1. The number of aromatic carboxylic acids is 1. The Labute approximate surface area is 157 Å². The Bertz CT molecular complexity index is 916. The first-order valence-corrected chi connectivity index (χ1v) is 8.30. The van der Waals surface area contributed by atoms with E-state index < -0.39 is 11.8 Å². The van der Waals surface area contributed by atoms with E-state index in [2.05, 4.69) is 57.6 Å². The van der Waals surface area contributed by atoms with E-state index in [4.69, 9.17) is 9.63 Å². The molecule has 0 aliphatic heterocycles. The number of hydrogen-bond donors (Lipinski definition) is 4. The molecule has 25 heavy (non-hydrogen) atoms. The van der Waals surface area contributed by atoms with Crippen molar-refractivity contribution in [3.63, 3.8) is 0 Å². The van der Waals surface area contributed by atoms with Gasteiger partial charge in [-0.2, -0.15) is 4.98 Å². The molecule has 0 atom stereocenters. The Morgan fingerprint density at radius 2 is 1.84 bits per heavy atom. The topological polar surface area (TPSA) is 133 Å². The predicted molar refractivity (Wildman–Crippen MR) is 95.1 cm³/mol. The molecular weight excluding hydrogens is 462 g/mol. The molecule has 0 saturated heterocycles. The highest BCUT2D eigenvalue weighted by Crippen LogP contribution is 2.24. The molecule has 0 radical (unpaired) electrons. The van der Waals surface area contributed by atoms with Crippen LogP contribution in [0, 0.1) is 0 Å². The van der Waals surface area contributed by atoms with Crippen molar-refractivity contribution in [2.75, 3.05) is 10.6 Å². The number of carboxylic acids is 1. The largest absolute Gasteiger partial charge is 0.475 e. The maximum Gasteiger partial charge on any atom is 0.377 e. The summed E-state index contributed by atoms with van der Waals surface area (Å²) in [6.07, 6.45) is 0. The van der Waals surface area contributed by atoms with E-state index >= 15 is 0 Å². The zero-order valence-electron chi connectivity index (χ0n) is 12.2. The Balaban J connectivity index is 1.65. The van der Waals surface area contributed by atoms with Crippen molar-refractivity contribution in [3.8, 4) is 0 Å². The normalized spacial score (nSPS) is 10.5. The van der Waals surface area contributed by atoms with Crippen molar-refractivity contribution >= 4 is 61.1 Å². The molecule has 0 fully saturated rings. The highest BCUT2D eigenvalue weighted by molar-refractivity contribution is 9.13. The molecule has 0 aliphatic carbocycles. The van der Waals surface area contributed by atoms with Crippen LogP contribution in [0.4, 0.5) is 17.4 Å². The van der Waals surface area contributed by atoms with Gasteiger partial charge in [0, 0.05) is 11.4 Å². The molecule has 2 aromatic heterocycles. The molecular formula is C14H9Br2N5O4. The lowest BCUT2D eigenvalue weighted by atomic mass is 10.2. The molecule has 3 aromatic rings. The van der Waals surface area contributed by atoms with Gasteiger partial charge in [0.25, 0.3) is 11.7 Å². The summed E-state index contributed by atoms with van der Waals surface area (Å²) in [4.78, 5) is 29.4. The third kappa shape index (κ3) is 4.06. The third-order valence-corrected chi connectivity index (χ3v) is 4.76. The fourth-order valence-electron chi connectivity index (χ4n) is 1.85. The van der Waals surface area contributed by atoms with Crippen LogP contribution in [-0.4, -0.2) is 32.1 Å². The number of H-pyrrole nitrogens is 1. The van der Waals surface area contributed by atoms with Gasteiger partial charge in [-0.15, -0.1) is 0 Å². The fourth-order valence-corrected chi connectivity index (χ4v) is 2.50. The third-order valence-electron chi connectivity index (χ3n) is 2.98. The number of anilines is 3. The molecule has 0 unspecified atom stereocenters. The van der Waals surface area contributed by atoms with Crippen molar-refractivity contribution in [1.29, 1.82) is 0 Å². The maximum absolute atomic E-state index is 12.1. The molecule has 0 bridgehead atoms. The van der Waals surface area contributed by atoms with Gasteiger partial charge in [0.15, 0.2) is 0 Å². The molecule has 0 aliphatic rings. The second kappa shape index (κ2) is 7.07. The number of halogens is 2. The summed E-state index contributed by atoms with van der Waals surface area (Å²) in [5.41, 5.74) is 1.56. The first-order valence-electron chi connectivity index (χ1n) is 6.72. The van der Waals surface area contributed by atoms with Crippen molar-refractivity contribution in [2.45, 2.75) is 0 Å². The van der Waals surface area contributed by atoms with Crippen LogP contribution in [0.3, 0.4) is 0 Å². The smallest absolute Gasteiger partial charge is 0.377 e. The number of hydrogen-bond acceptors (Lipinski definition) is 6. The van der Waals surface area contributed by atoms with Crippen LogP contribution in [0.25, 0.3) is 0 Å². The van der Waals surface area contributed by atoms with Gasteiger partial charge in [0.1, 0.15) is 5.69 Å². The summed E-state index contributed by atoms with van der Waals surface area (Å²) in [6.45, 7) is 0. The number of carbonyl (C=O) groups is 2. The maximum atomic E-state index is 12.1. The average Bonchev–Trinajstić information content (AvgIpc) is 3.17. The van der Waals surface area contributed by atoms with Crippen LogP contribution in [0.2, 0.25) is 0 Å². The van der Waals surface area contributed by atoms with Gasteiger partial charge in [-0.3, -0.25) is 4.79 Å². The molecule has 11 heteroatoms. The number of carbonyl (C=O) groups excluding carboxylic acids is 1. The predicted octanol–water partition coefficient (Wildman–Crippen LogP) is 3.62. The van der Waals surface area contributed by atoms with Crippen LogP contribution in [0.5, 0.6) is 0 Å². The molecule has 128 valence electrons. The number of benzene rings is 1. The minimum atomic E-state index is -1.28. The quantitative estimate of drug-likeness (QED) is 0.447. The number of aromatic amines is 1. The number of aromatic nitrogens is 3. The highest BCUT2D eigenvalue weighted by atomic mass is 79.9. The van der Waals surface area contributed by atoms with E-state index in [1.54, 1.807) is 30.3 Å². The highest BCUT2D eigenvalue weighted by Gasteiger charge is 2.13. The van der Waals surface area contributed by atoms with Crippen LogP contribution in [0.15, 0.2) is 43.9 Å². The lowest BCUT2D eigenvalue weighted by Gasteiger charge is -2.05. The zero-order chi connectivity index (χ0) is 18.0. The van der Waals surface area contributed by atoms with Crippen molar-refractivity contribution in [1.82, 2.24) is 15.1 Å². The van der Waals surface area contributed by atoms with Crippen LogP contribution < -0.4 is 10.6 Å². The molecule has 2 heterocycles. The van der Waals surface area contributed by atoms with Gasteiger partial charge in [-0.25, -0.2) is 4.79 Å². The van der Waals surface area contributed by atoms with E-state index in [-0.39, 0.29) is 11.9 Å². The van der Waals surface area contributed by atoms with Gasteiger partial charge in [-0.1, -0.05) is 0 Å². The van der Waals surface area contributed by atoms with E-state index in [1.165, 1.54) is 0 Å². The Hall–Kier alpha value is -2.66. The summed E-state index contributed by atoms with van der Waals surface area (Å²) in [7, 11) is 0. The average molecular weight is 471 g/mol. The van der Waals surface area contributed by atoms with E-state index in [0.29, 0.717) is 21.7 Å². The van der Waals surface area contributed by atoms with Crippen LogP contribution >= 0.6 is 31.9 Å². The number of carboxylic acid groups (broad SMARTS) is 1. The van der Waals surface area contributed by atoms with Crippen molar-refractivity contribution < 1.29 is 19.2 Å². The lowest BCUT2D eigenvalue weighted by molar-refractivity contribution is 0.0680. The molecule has 1 aromatic carbocycles. The number of nitrogens with zero attached hydrogens (tertiary/aromatic N) is 2. The zero-order valence-corrected chi connectivity index (χ0v) is 15.4. The molecule has 0 saturated carbocycles. The molecule has 4 N–H and O–H groups in total. The van der Waals surface area contributed by atoms with E-state index in [0.717, 1.165) is 4.47 Å². The van der Waals surface area contributed by atoms with E-state index in [1.807, 2.05) is 0 Å². The van der Waals surface area contributed by atoms with E-state index in [9.17, 15) is 9.59 Å². The monoisotopic (exact) mass is 469 g/mol.